The topological polar surface area (TPSA) is 104 Å². The monoisotopic (exact) mass is 356 g/mol. The van der Waals surface area contributed by atoms with Gasteiger partial charge in [0, 0.05) is 36.3 Å². The van der Waals surface area contributed by atoms with Gasteiger partial charge in [-0.1, -0.05) is 6.07 Å². The first-order chi connectivity index (χ1) is 12.8. The molecule has 4 N–H and O–H groups in total. The molecular formula is C18H24N6O2. The maximum Gasteiger partial charge on any atom is 0.315 e. The standard InChI is InChI=1S/C18H24N6O2/c25-18-19-8-1-2-9-26-17-5-3-4-15(22-17)21-16-11-14(23-24-16)12-6-7-13(10-12)20-18/h3-5,11-13H,1-2,6-10H2,(H2,19,20,25)(H2,21,22,23,24)/t12-,13+/m0/s1. The number of nitrogens with zero attached hydrogens (tertiary/aromatic N) is 2. The normalized spacial score (nSPS) is 23.6. The Morgan fingerprint density at radius 2 is 2.12 bits per heavy atom. The molecule has 0 unspecified atom stereocenters. The second-order valence-corrected chi connectivity index (χ2v) is 6.86. The van der Waals surface area contributed by atoms with E-state index in [2.05, 4.69) is 31.1 Å². The summed E-state index contributed by atoms with van der Waals surface area (Å²) >= 11 is 0. The molecule has 2 amide bonds. The van der Waals surface area contributed by atoms with Crippen LogP contribution in [-0.2, 0) is 0 Å². The van der Waals surface area contributed by atoms with Crippen LogP contribution < -0.4 is 20.7 Å². The molecule has 1 aliphatic heterocycles. The van der Waals surface area contributed by atoms with Crippen molar-refractivity contribution in [3.63, 3.8) is 0 Å². The van der Waals surface area contributed by atoms with Crippen molar-refractivity contribution in [3.05, 3.63) is 30.0 Å². The number of aromatic amines is 1. The van der Waals surface area contributed by atoms with E-state index in [0.717, 1.165) is 43.6 Å². The Balaban J connectivity index is 1.51. The third-order valence-electron chi connectivity index (χ3n) is 4.89. The fourth-order valence-corrected chi connectivity index (χ4v) is 3.54. The van der Waals surface area contributed by atoms with E-state index in [0.29, 0.717) is 30.8 Å². The van der Waals surface area contributed by atoms with E-state index in [1.807, 2.05) is 24.3 Å². The molecule has 0 aromatic carbocycles. The second kappa shape index (κ2) is 7.63. The van der Waals surface area contributed by atoms with Crippen molar-refractivity contribution in [1.82, 2.24) is 25.8 Å². The van der Waals surface area contributed by atoms with Gasteiger partial charge < -0.3 is 20.7 Å². The lowest BCUT2D eigenvalue weighted by atomic mass is 10.0. The van der Waals surface area contributed by atoms with E-state index in [1.54, 1.807) is 0 Å². The number of fused-ring (bicyclic) bond motifs is 7. The van der Waals surface area contributed by atoms with Crippen molar-refractivity contribution >= 4 is 17.7 Å². The van der Waals surface area contributed by atoms with Gasteiger partial charge in [-0.05, 0) is 38.2 Å². The summed E-state index contributed by atoms with van der Waals surface area (Å²) in [6.45, 7) is 1.21. The largest absolute Gasteiger partial charge is 0.478 e. The van der Waals surface area contributed by atoms with Gasteiger partial charge in [-0.15, -0.1) is 0 Å². The lowest BCUT2D eigenvalue weighted by molar-refractivity contribution is 0.236. The van der Waals surface area contributed by atoms with Crippen LogP contribution in [0, 0.1) is 0 Å². The molecular weight excluding hydrogens is 332 g/mol. The van der Waals surface area contributed by atoms with Gasteiger partial charge in [-0.3, -0.25) is 5.10 Å². The van der Waals surface area contributed by atoms with Crippen molar-refractivity contribution in [1.29, 1.82) is 0 Å². The zero-order valence-corrected chi connectivity index (χ0v) is 14.6. The summed E-state index contributed by atoms with van der Waals surface area (Å²) in [5.41, 5.74) is 1.09. The molecule has 0 spiro atoms. The Hall–Kier alpha value is -2.77. The molecule has 8 heteroatoms. The number of carbonyl (C=O) groups is 1. The number of anilines is 2. The maximum atomic E-state index is 12.0. The first-order valence-electron chi connectivity index (χ1n) is 9.23. The minimum absolute atomic E-state index is 0.0842. The van der Waals surface area contributed by atoms with Gasteiger partial charge in [0.15, 0.2) is 5.82 Å². The molecule has 26 heavy (non-hydrogen) atoms. The van der Waals surface area contributed by atoms with Crippen molar-refractivity contribution in [2.75, 3.05) is 18.5 Å². The Morgan fingerprint density at radius 3 is 3.08 bits per heavy atom. The van der Waals surface area contributed by atoms with Gasteiger partial charge in [0.1, 0.15) is 5.82 Å². The summed E-state index contributed by atoms with van der Waals surface area (Å²) in [7, 11) is 0. The molecule has 2 aromatic rings. The average Bonchev–Trinajstić information content (AvgIpc) is 3.27. The minimum Gasteiger partial charge on any atom is -0.478 e. The Bertz CT molecular complexity index is 762. The maximum absolute atomic E-state index is 12.0. The number of hydrogen-bond acceptors (Lipinski definition) is 5. The number of nitrogens with one attached hydrogen (secondary N) is 4. The number of hydrogen-bond donors (Lipinski definition) is 4. The highest BCUT2D eigenvalue weighted by Crippen LogP contribution is 2.34. The van der Waals surface area contributed by atoms with E-state index >= 15 is 0 Å². The van der Waals surface area contributed by atoms with Crippen LogP contribution in [0.2, 0.25) is 0 Å². The number of amides is 2. The summed E-state index contributed by atoms with van der Waals surface area (Å²) in [6, 6.07) is 7.78. The quantitative estimate of drug-likeness (QED) is 0.581. The molecule has 8 nitrogen and oxygen atoms in total. The first kappa shape index (κ1) is 16.7. The fraction of sp³-hybridized carbons (Fsp3) is 0.500. The van der Waals surface area contributed by atoms with Gasteiger partial charge in [0.2, 0.25) is 5.88 Å². The van der Waals surface area contributed by atoms with Gasteiger partial charge in [-0.25, -0.2) is 4.79 Å². The Kier molecular flexibility index (Phi) is 4.90. The van der Waals surface area contributed by atoms with Crippen LogP contribution in [0.5, 0.6) is 5.88 Å². The van der Waals surface area contributed by atoms with Crippen LogP contribution in [0.15, 0.2) is 24.3 Å². The van der Waals surface area contributed by atoms with E-state index in [9.17, 15) is 4.79 Å². The van der Waals surface area contributed by atoms with Crippen molar-refractivity contribution in [2.24, 2.45) is 0 Å². The van der Waals surface area contributed by atoms with Gasteiger partial charge in [0.25, 0.3) is 0 Å². The number of carbonyl (C=O) groups excluding carboxylic acids is 1. The highest BCUT2D eigenvalue weighted by Gasteiger charge is 2.28. The van der Waals surface area contributed by atoms with Crippen LogP contribution in [0.3, 0.4) is 0 Å². The molecule has 4 rings (SSSR count). The zero-order chi connectivity index (χ0) is 17.8. The summed E-state index contributed by atoms with van der Waals surface area (Å²) < 4.78 is 5.69. The number of aromatic nitrogens is 3. The molecule has 1 aliphatic carbocycles. The lowest BCUT2D eigenvalue weighted by Crippen LogP contribution is -2.41. The zero-order valence-electron chi connectivity index (χ0n) is 14.6. The van der Waals surface area contributed by atoms with Crippen molar-refractivity contribution < 1.29 is 9.53 Å². The summed E-state index contributed by atoms with van der Waals surface area (Å²) in [5.74, 6) is 2.40. The third kappa shape index (κ3) is 4.07. The van der Waals surface area contributed by atoms with Crippen molar-refractivity contribution in [2.45, 2.75) is 44.1 Å². The number of H-pyrrole nitrogens is 1. The molecule has 1 fully saturated rings. The van der Waals surface area contributed by atoms with Crippen LogP contribution >= 0.6 is 0 Å². The SMILES string of the molecule is O=C1NCCCCOc2cccc(n2)Nc2cc([nH]n2)[C@H]2CC[C@H](C2)N1. The second-order valence-electron chi connectivity index (χ2n) is 6.86. The van der Waals surface area contributed by atoms with E-state index < -0.39 is 0 Å². The summed E-state index contributed by atoms with van der Waals surface area (Å²) in [4.78, 5) is 16.5. The molecule has 3 heterocycles. The minimum atomic E-state index is -0.0842. The number of pyridine rings is 1. The van der Waals surface area contributed by atoms with Crippen LogP contribution in [0.1, 0.15) is 43.7 Å². The highest BCUT2D eigenvalue weighted by atomic mass is 16.5. The number of urea groups is 1. The Morgan fingerprint density at radius 1 is 1.15 bits per heavy atom. The van der Waals surface area contributed by atoms with Gasteiger partial charge >= 0.3 is 6.03 Å². The third-order valence-corrected chi connectivity index (χ3v) is 4.89. The summed E-state index contributed by atoms with van der Waals surface area (Å²) in [6.07, 6.45) is 4.67. The smallest absolute Gasteiger partial charge is 0.315 e. The Labute approximate surface area is 152 Å². The molecule has 0 saturated heterocycles. The highest BCUT2D eigenvalue weighted by molar-refractivity contribution is 5.74. The van der Waals surface area contributed by atoms with E-state index in [1.165, 1.54) is 0 Å². The molecule has 138 valence electrons. The van der Waals surface area contributed by atoms with Crippen LogP contribution in [0.25, 0.3) is 0 Å². The molecule has 1 saturated carbocycles. The first-order valence-corrected chi connectivity index (χ1v) is 9.23. The predicted molar refractivity (Wildman–Crippen MR) is 97.8 cm³/mol. The molecule has 0 radical (unpaired) electrons. The number of rotatable bonds is 0. The molecule has 6 bridgehead atoms. The van der Waals surface area contributed by atoms with Gasteiger partial charge in [-0.2, -0.15) is 10.1 Å². The summed E-state index contributed by atoms with van der Waals surface area (Å²) in [5, 5.41) is 16.7. The fourth-order valence-electron chi connectivity index (χ4n) is 3.54. The number of ether oxygens (including phenoxy) is 1. The molecule has 2 atom stereocenters. The lowest BCUT2D eigenvalue weighted by Gasteiger charge is -2.14. The van der Waals surface area contributed by atoms with E-state index in [4.69, 9.17) is 4.74 Å². The average molecular weight is 356 g/mol. The van der Waals surface area contributed by atoms with Crippen LogP contribution in [0.4, 0.5) is 16.4 Å². The predicted octanol–water partition coefficient (Wildman–Crippen LogP) is 2.66. The van der Waals surface area contributed by atoms with E-state index in [-0.39, 0.29) is 12.1 Å². The van der Waals surface area contributed by atoms with Crippen LogP contribution in [-0.4, -0.2) is 40.4 Å². The van der Waals surface area contributed by atoms with Gasteiger partial charge in [0.05, 0.1) is 6.61 Å². The van der Waals surface area contributed by atoms with Crippen molar-refractivity contribution in [3.8, 4) is 5.88 Å². The molecule has 2 aliphatic rings. The molecule has 2 aromatic heterocycles.